The first-order valence-electron chi connectivity index (χ1n) is 6.34. The number of halogens is 1. The summed E-state index contributed by atoms with van der Waals surface area (Å²) in [7, 11) is -3.23. The van der Waals surface area contributed by atoms with Crippen molar-refractivity contribution in [3.05, 3.63) is 54.0 Å². The minimum Gasteiger partial charge on any atom is -0.439 e. The molecule has 5 nitrogen and oxygen atoms in total. The number of nitrogens with one attached hydrogen (secondary N) is 1. The smallest absolute Gasteiger partial charge is 0.219 e. The second kappa shape index (κ2) is 6.64. The molecular weight excluding hydrogens is 295 g/mol. The largest absolute Gasteiger partial charge is 0.439 e. The summed E-state index contributed by atoms with van der Waals surface area (Å²) >= 11 is 0. The van der Waals surface area contributed by atoms with Gasteiger partial charge in [-0.1, -0.05) is 12.1 Å². The first-order valence-corrected chi connectivity index (χ1v) is 7.99. The molecule has 0 saturated heterocycles. The highest BCUT2D eigenvalue weighted by atomic mass is 32.2. The molecule has 21 heavy (non-hydrogen) atoms. The maximum absolute atomic E-state index is 13.0. The molecule has 0 aliphatic rings. The Morgan fingerprint density at radius 3 is 2.71 bits per heavy atom. The Morgan fingerprint density at radius 1 is 1.29 bits per heavy atom. The van der Waals surface area contributed by atoms with Crippen LogP contribution in [0.25, 0.3) is 0 Å². The van der Waals surface area contributed by atoms with Gasteiger partial charge in [-0.2, -0.15) is 0 Å². The van der Waals surface area contributed by atoms with Crippen LogP contribution in [0.4, 0.5) is 4.39 Å². The second-order valence-corrected chi connectivity index (χ2v) is 6.38. The zero-order chi connectivity index (χ0) is 15.3. The van der Waals surface area contributed by atoms with Crippen molar-refractivity contribution < 1.29 is 17.5 Å². The highest BCUT2D eigenvalue weighted by molar-refractivity contribution is 7.89. The van der Waals surface area contributed by atoms with E-state index in [9.17, 15) is 12.8 Å². The Balaban J connectivity index is 1.99. The van der Waals surface area contributed by atoms with Crippen LogP contribution in [0.15, 0.2) is 42.6 Å². The van der Waals surface area contributed by atoms with Crippen molar-refractivity contribution in [1.82, 2.24) is 9.71 Å². The van der Waals surface area contributed by atoms with E-state index in [1.807, 2.05) is 0 Å². The lowest BCUT2D eigenvalue weighted by molar-refractivity contribution is 0.457. The van der Waals surface area contributed by atoms with Crippen LogP contribution in [0, 0.1) is 5.82 Å². The predicted octanol–water partition coefficient (Wildman–Crippen LogP) is 2.45. The topological polar surface area (TPSA) is 68.3 Å². The van der Waals surface area contributed by atoms with E-state index in [1.54, 1.807) is 31.2 Å². The molecule has 1 N–H and O–H groups in total. The third kappa shape index (κ3) is 4.80. The van der Waals surface area contributed by atoms with E-state index in [0.29, 0.717) is 17.2 Å². The minimum absolute atomic E-state index is 0.0290. The van der Waals surface area contributed by atoms with E-state index in [-0.39, 0.29) is 12.3 Å². The Hall–Kier alpha value is -1.99. The summed E-state index contributed by atoms with van der Waals surface area (Å²) in [4.78, 5) is 4.05. The Kier molecular flexibility index (Phi) is 4.87. The number of ether oxygens (including phenoxy) is 1. The van der Waals surface area contributed by atoms with Crippen LogP contribution < -0.4 is 9.46 Å². The molecule has 2 rings (SSSR count). The van der Waals surface area contributed by atoms with E-state index in [2.05, 4.69) is 9.71 Å². The SMILES string of the molecule is CCS(=O)(=O)NCc1ccc(Oc2cccc(F)c2)nc1. The van der Waals surface area contributed by atoms with Crippen LogP contribution in [-0.4, -0.2) is 19.2 Å². The zero-order valence-corrected chi connectivity index (χ0v) is 12.2. The summed E-state index contributed by atoms with van der Waals surface area (Å²) in [5.74, 6) is 0.295. The fourth-order valence-corrected chi connectivity index (χ4v) is 2.11. The van der Waals surface area contributed by atoms with E-state index in [0.717, 1.165) is 0 Å². The molecule has 0 bridgehead atoms. The summed E-state index contributed by atoms with van der Waals surface area (Å²) in [6, 6.07) is 9.03. The fourth-order valence-electron chi connectivity index (χ4n) is 1.52. The number of hydrogen-bond donors (Lipinski definition) is 1. The lowest BCUT2D eigenvalue weighted by atomic mass is 10.3. The van der Waals surface area contributed by atoms with Gasteiger partial charge in [0.15, 0.2) is 0 Å². The number of sulfonamides is 1. The molecule has 0 spiro atoms. The lowest BCUT2D eigenvalue weighted by Crippen LogP contribution is -2.24. The van der Waals surface area contributed by atoms with Gasteiger partial charge in [0.05, 0.1) is 5.75 Å². The van der Waals surface area contributed by atoms with Gasteiger partial charge in [0, 0.05) is 24.9 Å². The molecule has 0 atom stereocenters. The number of pyridine rings is 1. The van der Waals surface area contributed by atoms with Gasteiger partial charge in [-0.15, -0.1) is 0 Å². The standard InChI is InChI=1S/C14H15FN2O3S/c1-2-21(18,19)17-10-11-6-7-14(16-9-11)20-13-5-3-4-12(15)8-13/h3-9,17H,2,10H2,1H3. The third-order valence-corrected chi connectivity index (χ3v) is 4.04. The van der Waals surface area contributed by atoms with Crippen molar-refractivity contribution >= 4 is 10.0 Å². The van der Waals surface area contributed by atoms with Crippen LogP contribution in [0.1, 0.15) is 12.5 Å². The summed E-state index contributed by atoms with van der Waals surface area (Å²) in [6.07, 6.45) is 1.51. The molecule has 2 aromatic rings. The Bertz CT molecular complexity index is 702. The maximum atomic E-state index is 13.0. The van der Waals surface area contributed by atoms with Crippen LogP contribution in [0.5, 0.6) is 11.6 Å². The van der Waals surface area contributed by atoms with Gasteiger partial charge in [0.2, 0.25) is 15.9 Å². The second-order valence-electron chi connectivity index (χ2n) is 4.29. The molecule has 7 heteroatoms. The molecule has 0 aliphatic heterocycles. The molecule has 0 radical (unpaired) electrons. The monoisotopic (exact) mass is 310 g/mol. The molecule has 0 unspecified atom stereocenters. The van der Waals surface area contributed by atoms with Gasteiger partial charge in [0.1, 0.15) is 11.6 Å². The highest BCUT2D eigenvalue weighted by Crippen LogP contribution is 2.19. The number of nitrogens with zero attached hydrogens (tertiary/aromatic N) is 1. The van der Waals surface area contributed by atoms with Gasteiger partial charge in [-0.05, 0) is 24.6 Å². The van der Waals surface area contributed by atoms with Crippen LogP contribution in [0.3, 0.4) is 0 Å². The van der Waals surface area contributed by atoms with E-state index < -0.39 is 15.8 Å². The number of hydrogen-bond acceptors (Lipinski definition) is 4. The molecule has 0 amide bonds. The van der Waals surface area contributed by atoms with E-state index >= 15 is 0 Å². The van der Waals surface area contributed by atoms with Crippen molar-refractivity contribution in [2.45, 2.75) is 13.5 Å². The molecule has 0 aliphatic carbocycles. The quantitative estimate of drug-likeness (QED) is 0.890. The van der Waals surface area contributed by atoms with Crippen molar-refractivity contribution in [1.29, 1.82) is 0 Å². The number of aromatic nitrogens is 1. The van der Waals surface area contributed by atoms with Crippen molar-refractivity contribution in [2.24, 2.45) is 0 Å². The van der Waals surface area contributed by atoms with Crippen LogP contribution in [-0.2, 0) is 16.6 Å². The van der Waals surface area contributed by atoms with Crippen LogP contribution in [0.2, 0.25) is 0 Å². The molecule has 0 fully saturated rings. The zero-order valence-electron chi connectivity index (χ0n) is 11.4. The molecule has 1 aromatic carbocycles. The summed E-state index contributed by atoms with van der Waals surface area (Å²) in [5, 5.41) is 0. The average Bonchev–Trinajstić information content (AvgIpc) is 2.47. The Morgan fingerprint density at radius 2 is 2.10 bits per heavy atom. The van der Waals surface area contributed by atoms with E-state index in [4.69, 9.17) is 4.74 Å². The van der Waals surface area contributed by atoms with E-state index in [1.165, 1.54) is 18.3 Å². The Labute approximate surface area is 122 Å². The third-order valence-electron chi connectivity index (χ3n) is 2.69. The van der Waals surface area contributed by atoms with Gasteiger partial charge in [-0.25, -0.2) is 22.5 Å². The summed E-state index contributed by atoms with van der Waals surface area (Å²) in [5.41, 5.74) is 0.707. The molecule has 0 saturated carbocycles. The molecular formula is C14H15FN2O3S. The summed E-state index contributed by atoms with van der Waals surface area (Å²) < 4.78 is 43.5. The van der Waals surface area contributed by atoms with Crippen molar-refractivity contribution in [3.8, 4) is 11.6 Å². The molecule has 1 heterocycles. The number of benzene rings is 1. The number of rotatable bonds is 6. The van der Waals surface area contributed by atoms with Gasteiger partial charge < -0.3 is 4.74 Å². The van der Waals surface area contributed by atoms with Crippen molar-refractivity contribution in [3.63, 3.8) is 0 Å². The van der Waals surface area contributed by atoms with Crippen molar-refractivity contribution in [2.75, 3.05) is 5.75 Å². The fraction of sp³-hybridized carbons (Fsp3) is 0.214. The summed E-state index contributed by atoms with van der Waals surface area (Å²) in [6.45, 7) is 1.74. The lowest BCUT2D eigenvalue weighted by Gasteiger charge is -2.07. The normalized spacial score (nSPS) is 11.3. The first-order chi connectivity index (χ1) is 9.98. The predicted molar refractivity (Wildman–Crippen MR) is 77.0 cm³/mol. The maximum Gasteiger partial charge on any atom is 0.219 e. The first kappa shape index (κ1) is 15.4. The van der Waals surface area contributed by atoms with Crippen LogP contribution >= 0.6 is 0 Å². The molecule has 1 aromatic heterocycles. The average molecular weight is 310 g/mol. The molecule has 112 valence electrons. The van der Waals surface area contributed by atoms with Gasteiger partial charge in [0.25, 0.3) is 0 Å². The van der Waals surface area contributed by atoms with Gasteiger partial charge in [-0.3, -0.25) is 0 Å². The minimum atomic E-state index is -3.23. The highest BCUT2D eigenvalue weighted by Gasteiger charge is 2.06. The van der Waals surface area contributed by atoms with Gasteiger partial charge >= 0.3 is 0 Å².